The normalized spacial score (nSPS) is 18.1. The van der Waals surface area contributed by atoms with Crippen molar-refractivity contribution in [3.63, 3.8) is 0 Å². The maximum atomic E-state index is 11.2. The Kier molecular flexibility index (Phi) is 5.30. The molecule has 1 aliphatic carbocycles. The van der Waals surface area contributed by atoms with Gasteiger partial charge in [0.05, 0.1) is 19.3 Å². The Morgan fingerprint density at radius 1 is 1.55 bits per heavy atom. The summed E-state index contributed by atoms with van der Waals surface area (Å²) in [7, 11) is 0. The smallest absolute Gasteiger partial charge is 0.130 e. The topological polar surface area (TPSA) is 44.1 Å². The largest absolute Gasteiger partial charge is 0.380 e. The van der Waals surface area contributed by atoms with Crippen LogP contribution in [0.4, 0.5) is 0 Å². The molecule has 0 saturated heterocycles. The standard InChI is InChI=1S/C16H22N2O2/c1-3-20-8-7-18-12-16(11-17-18)15-6-4-5-14(10-15)9-13(2)19/h4,6,10-12,14H,3,5,7-9H2,1-2H3. The van der Waals surface area contributed by atoms with E-state index >= 15 is 0 Å². The van der Waals surface area contributed by atoms with Crippen molar-refractivity contribution in [2.45, 2.75) is 33.2 Å². The van der Waals surface area contributed by atoms with E-state index in [2.05, 4.69) is 23.3 Å². The van der Waals surface area contributed by atoms with Gasteiger partial charge < -0.3 is 9.53 Å². The van der Waals surface area contributed by atoms with Crippen molar-refractivity contribution in [3.8, 4) is 0 Å². The molecular weight excluding hydrogens is 252 g/mol. The maximum Gasteiger partial charge on any atom is 0.130 e. The number of ether oxygens (including phenoxy) is 1. The van der Waals surface area contributed by atoms with Gasteiger partial charge in [0, 0.05) is 24.8 Å². The van der Waals surface area contributed by atoms with Crippen LogP contribution in [-0.4, -0.2) is 28.8 Å². The third kappa shape index (κ3) is 4.17. The molecule has 0 N–H and O–H groups in total. The molecule has 0 saturated carbocycles. The highest BCUT2D eigenvalue weighted by Gasteiger charge is 2.13. The Hall–Kier alpha value is -1.68. The summed E-state index contributed by atoms with van der Waals surface area (Å²) in [6, 6.07) is 0. The van der Waals surface area contributed by atoms with Crippen molar-refractivity contribution in [1.82, 2.24) is 9.78 Å². The summed E-state index contributed by atoms with van der Waals surface area (Å²) in [5.74, 6) is 0.563. The van der Waals surface area contributed by atoms with Crippen LogP contribution in [-0.2, 0) is 16.1 Å². The van der Waals surface area contributed by atoms with Gasteiger partial charge in [-0.2, -0.15) is 5.10 Å². The molecule has 1 heterocycles. The summed E-state index contributed by atoms with van der Waals surface area (Å²) in [6.07, 6.45) is 11.9. The molecule has 2 rings (SSSR count). The zero-order valence-corrected chi connectivity index (χ0v) is 12.2. The molecule has 0 bridgehead atoms. The first kappa shape index (κ1) is 14.7. The second-order valence-electron chi connectivity index (χ2n) is 5.12. The molecule has 0 radical (unpaired) electrons. The minimum Gasteiger partial charge on any atom is -0.380 e. The number of allylic oxidation sites excluding steroid dienone is 4. The molecule has 108 valence electrons. The number of nitrogens with zero attached hydrogens (tertiary/aromatic N) is 2. The summed E-state index contributed by atoms with van der Waals surface area (Å²) in [5.41, 5.74) is 2.26. The fraction of sp³-hybridized carbons (Fsp3) is 0.500. The van der Waals surface area contributed by atoms with Crippen LogP contribution in [0.15, 0.2) is 30.6 Å². The van der Waals surface area contributed by atoms with Crippen LogP contribution in [0.2, 0.25) is 0 Å². The molecule has 1 aliphatic rings. The van der Waals surface area contributed by atoms with Gasteiger partial charge in [-0.15, -0.1) is 0 Å². The molecule has 4 heteroatoms. The Balaban J connectivity index is 2.01. The van der Waals surface area contributed by atoms with E-state index < -0.39 is 0 Å². The molecule has 0 aliphatic heterocycles. The van der Waals surface area contributed by atoms with Gasteiger partial charge in [0.2, 0.25) is 0 Å². The number of carbonyl (C=O) groups excluding carboxylic acids is 1. The van der Waals surface area contributed by atoms with Crippen molar-refractivity contribution in [2.24, 2.45) is 5.92 Å². The summed E-state index contributed by atoms with van der Waals surface area (Å²) in [5, 5.41) is 4.34. The van der Waals surface area contributed by atoms with Crippen LogP contribution in [0.5, 0.6) is 0 Å². The van der Waals surface area contributed by atoms with E-state index in [0.717, 1.165) is 30.7 Å². The molecule has 20 heavy (non-hydrogen) atoms. The molecule has 0 amide bonds. The van der Waals surface area contributed by atoms with E-state index in [9.17, 15) is 4.79 Å². The monoisotopic (exact) mass is 274 g/mol. The number of rotatable bonds is 7. The molecule has 1 aromatic heterocycles. The Labute approximate surface area is 120 Å². The van der Waals surface area contributed by atoms with E-state index in [1.54, 1.807) is 6.92 Å². The molecule has 1 atom stereocenters. The van der Waals surface area contributed by atoms with Gasteiger partial charge in [0.15, 0.2) is 0 Å². The van der Waals surface area contributed by atoms with Gasteiger partial charge in [-0.05, 0) is 31.8 Å². The third-order valence-corrected chi connectivity index (χ3v) is 3.34. The summed E-state index contributed by atoms with van der Waals surface area (Å²) in [4.78, 5) is 11.2. The molecule has 0 fully saturated rings. The molecule has 0 spiro atoms. The van der Waals surface area contributed by atoms with Crippen molar-refractivity contribution >= 4 is 11.4 Å². The van der Waals surface area contributed by atoms with Gasteiger partial charge in [-0.1, -0.05) is 18.2 Å². The second kappa shape index (κ2) is 7.20. The van der Waals surface area contributed by atoms with Gasteiger partial charge in [0.25, 0.3) is 0 Å². The Morgan fingerprint density at radius 2 is 2.40 bits per heavy atom. The predicted molar refractivity (Wildman–Crippen MR) is 79.2 cm³/mol. The molecule has 1 unspecified atom stereocenters. The summed E-state index contributed by atoms with van der Waals surface area (Å²) >= 11 is 0. The molecule has 1 aromatic rings. The average molecular weight is 274 g/mol. The predicted octanol–water partition coefficient (Wildman–Crippen LogP) is 2.86. The zero-order valence-electron chi connectivity index (χ0n) is 12.2. The van der Waals surface area contributed by atoms with Crippen LogP contribution in [0.25, 0.3) is 5.57 Å². The fourth-order valence-electron chi connectivity index (χ4n) is 2.39. The Bertz CT molecular complexity index is 514. The lowest BCUT2D eigenvalue weighted by molar-refractivity contribution is -0.117. The molecular formula is C16H22N2O2. The van der Waals surface area contributed by atoms with Gasteiger partial charge in [-0.25, -0.2) is 0 Å². The number of carbonyl (C=O) groups is 1. The number of hydrogen-bond donors (Lipinski definition) is 0. The van der Waals surface area contributed by atoms with Gasteiger partial charge in [-0.3, -0.25) is 4.68 Å². The van der Waals surface area contributed by atoms with E-state index in [1.165, 1.54) is 0 Å². The quantitative estimate of drug-likeness (QED) is 0.718. The van der Waals surface area contributed by atoms with Crippen LogP contribution < -0.4 is 0 Å². The lowest BCUT2D eigenvalue weighted by atomic mass is 9.90. The highest BCUT2D eigenvalue weighted by Crippen LogP contribution is 2.26. The van der Waals surface area contributed by atoms with Crippen LogP contribution in [0.3, 0.4) is 0 Å². The first-order valence-electron chi connectivity index (χ1n) is 7.17. The third-order valence-electron chi connectivity index (χ3n) is 3.34. The SMILES string of the molecule is CCOCCn1cc(C2=CC(CC(C)=O)CC=C2)cn1. The first-order chi connectivity index (χ1) is 9.69. The average Bonchev–Trinajstić information content (AvgIpc) is 2.87. The van der Waals surface area contributed by atoms with Gasteiger partial charge >= 0.3 is 0 Å². The molecule has 4 nitrogen and oxygen atoms in total. The van der Waals surface area contributed by atoms with Crippen molar-refractivity contribution in [2.75, 3.05) is 13.2 Å². The number of aromatic nitrogens is 2. The Morgan fingerprint density at radius 3 is 3.15 bits per heavy atom. The van der Waals surface area contributed by atoms with Crippen molar-refractivity contribution < 1.29 is 9.53 Å². The summed E-state index contributed by atoms with van der Waals surface area (Å²) in [6.45, 7) is 5.81. The van der Waals surface area contributed by atoms with Crippen LogP contribution in [0.1, 0.15) is 32.3 Å². The van der Waals surface area contributed by atoms with Crippen molar-refractivity contribution in [3.05, 3.63) is 36.2 Å². The lowest BCUT2D eigenvalue weighted by Crippen LogP contribution is -2.06. The second-order valence-corrected chi connectivity index (χ2v) is 5.12. The van der Waals surface area contributed by atoms with E-state index in [-0.39, 0.29) is 5.78 Å². The lowest BCUT2D eigenvalue weighted by Gasteiger charge is -2.14. The number of Topliss-reactive ketones (excluding diaryl/α,β-unsaturated/α-hetero) is 1. The maximum absolute atomic E-state index is 11.2. The van der Waals surface area contributed by atoms with E-state index in [1.807, 2.05) is 24.0 Å². The van der Waals surface area contributed by atoms with E-state index in [4.69, 9.17) is 4.74 Å². The minimum absolute atomic E-state index is 0.244. The number of hydrogen-bond acceptors (Lipinski definition) is 3. The van der Waals surface area contributed by atoms with Gasteiger partial charge in [0.1, 0.15) is 5.78 Å². The zero-order chi connectivity index (χ0) is 14.4. The fourth-order valence-corrected chi connectivity index (χ4v) is 2.39. The van der Waals surface area contributed by atoms with Crippen LogP contribution >= 0.6 is 0 Å². The van der Waals surface area contributed by atoms with Crippen molar-refractivity contribution in [1.29, 1.82) is 0 Å². The first-order valence-corrected chi connectivity index (χ1v) is 7.17. The highest BCUT2D eigenvalue weighted by molar-refractivity contribution is 5.78. The van der Waals surface area contributed by atoms with Crippen LogP contribution in [0, 0.1) is 5.92 Å². The molecule has 0 aromatic carbocycles. The summed E-state index contributed by atoms with van der Waals surface area (Å²) < 4.78 is 7.22. The van der Waals surface area contributed by atoms with E-state index in [0.29, 0.717) is 18.9 Å². The number of ketones is 1. The minimum atomic E-state index is 0.244. The highest BCUT2D eigenvalue weighted by atomic mass is 16.5.